The molecule has 1 atom stereocenters. The number of rotatable bonds is 9. The number of carbonyl (C=O) groups is 2. The number of carbonyl (C=O) groups excluding carboxylic acids is 2. The van der Waals surface area contributed by atoms with Crippen LogP contribution in [0.1, 0.15) is 31.9 Å². The van der Waals surface area contributed by atoms with Gasteiger partial charge in [0, 0.05) is 26.9 Å². The van der Waals surface area contributed by atoms with Crippen LogP contribution in [0.2, 0.25) is 0 Å². The largest absolute Gasteiger partial charge is 0.507 e. The fourth-order valence-electron chi connectivity index (χ4n) is 3.71. The van der Waals surface area contributed by atoms with Gasteiger partial charge in [-0.25, -0.2) is 4.79 Å². The molecule has 180 valence electrons. The topological polar surface area (TPSA) is 84.9 Å². The van der Waals surface area contributed by atoms with Gasteiger partial charge in [0.15, 0.2) is 0 Å². The predicted octanol–water partition coefficient (Wildman–Crippen LogP) is 6.45. The first kappa shape index (κ1) is 25.8. The van der Waals surface area contributed by atoms with E-state index in [9.17, 15) is 14.7 Å². The van der Waals surface area contributed by atoms with Crippen LogP contribution in [-0.2, 0) is 14.3 Å². The van der Waals surface area contributed by atoms with Crippen molar-refractivity contribution in [2.24, 2.45) is 5.41 Å². The van der Waals surface area contributed by atoms with Gasteiger partial charge in [-0.1, -0.05) is 44.2 Å². The van der Waals surface area contributed by atoms with Crippen LogP contribution >= 0.6 is 24.4 Å². The molecule has 0 saturated carbocycles. The van der Waals surface area contributed by atoms with E-state index in [1.165, 1.54) is 0 Å². The number of phenolic OH excluding ortho intramolecular Hbond substituents is 1. The molecule has 0 aliphatic carbocycles. The van der Waals surface area contributed by atoms with Crippen molar-refractivity contribution < 1.29 is 24.2 Å². The molecule has 0 aliphatic rings. The van der Waals surface area contributed by atoms with Gasteiger partial charge >= 0.3 is 12.1 Å². The molecule has 34 heavy (non-hydrogen) atoms. The Hall–Kier alpha value is -2.84. The number of benzene rings is 3. The van der Waals surface area contributed by atoms with E-state index >= 15 is 0 Å². The summed E-state index contributed by atoms with van der Waals surface area (Å²) in [7, 11) is 0. The van der Waals surface area contributed by atoms with Crippen LogP contribution in [0.4, 0.5) is 10.5 Å². The minimum absolute atomic E-state index is 0.000685. The number of phenols is 1. The average Bonchev–Trinajstić information content (AvgIpc) is 2.83. The minimum Gasteiger partial charge on any atom is -0.507 e. The lowest BCUT2D eigenvalue weighted by atomic mass is 9.78. The Morgan fingerprint density at radius 2 is 1.74 bits per heavy atom. The van der Waals surface area contributed by atoms with Crippen LogP contribution < -0.4 is 5.32 Å². The molecule has 0 saturated heterocycles. The summed E-state index contributed by atoms with van der Waals surface area (Å²) < 4.78 is 11.2. The Bertz CT molecular complexity index is 1150. The van der Waals surface area contributed by atoms with E-state index < -0.39 is 23.6 Å². The van der Waals surface area contributed by atoms with E-state index in [2.05, 4.69) is 17.9 Å². The van der Waals surface area contributed by atoms with Gasteiger partial charge in [-0.3, -0.25) is 10.1 Å². The monoisotopic (exact) mass is 499 g/mol. The van der Waals surface area contributed by atoms with Crippen molar-refractivity contribution in [2.45, 2.75) is 31.3 Å². The molecule has 0 heterocycles. The van der Waals surface area contributed by atoms with Gasteiger partial charge in [-0.15, -0.1) is 11.8 Å². The SMILES string of the molecule is CSc1ccc(NC(=O)O[C@@H](c2ccc(O)c3ccccc23)C(C)(C)CCOC(=O)CS)cc1. The lowest BCUT2D eigenvalue weighted by Gasteiger charge is -2.34. The summed E-state index contributed by atoms with van der Waals surface area (Å²) in [6.07, 6.45) is 1.15. The Balaban J connectivity index is 1.91. The van der Waals surface area contributed by atoms with Crippen molar-refractivity contribution in [3.8, 4) is 5.75 Å². The highest BCUT2D eigenvalue weighted by Gasteiger charge is 2.36. The Kier molecular flexibility index (Phi) is 8.74. The summed E-state index contributed by atoms with van der Waals surface area (Å²) in [6, 6.07) is 18.3. The molecular formula is C26H29NO5S2. The van der Waals surface area contributed by atoms with Gasteiger partial charge in [0.2, 0.25) is 0 Å². The number of esters is 1. The van der Waals surface area contributed by atoms with Crippen LogP contribution in [0.5, 0.6) is 5.75 Å². The molecule has 3 rings (SSSR count). The summed E-state index contributed by atoms with van der Waals surface area (Å²) in [4.78, 5) is 25.6. The van der Waals surface area contributed by atoms with Crippen molar-refractivity contribution in [3.05, 3.63) is 66.2 Å². The molecule has 0 radical (unpaired) electrons. The van der Waals surface area contributed by atoms with Crippen LogP contribution in [-0.4, -0.2) is 35.8 Å². The highest BCUT2D eigenvalue weighted by molar-refractivity contribution is 7.98. The van der Waals surface area contributed by atoms with Crippen molar-refractivity contribution in [3.63, 3.8) is 0 Å². The molecule has 8 heteroatoms. The van der Waals surface area contributed by atoms with Crippen molar-refractivity contribution in [1.82, 2.24) is 0 Å². The smallest absolute Gasteiger partial charge is 0.412 e. The second-order valence-corrected chi connectivity index (χ2v) is 9.67. The Labute approximate surface area is 209 Å². The number of nitrogens with one attached hydrogen (secondary N) is 1. The molecule has 2 N–H and O–H groups in total. The molecule has 3 aromatic carbocycles. The summed E-state index contributed by atoms with van der Waals surface area (Å²) in [5.74, 6) is -0.254. The summed E-state index contributed by atoms with van der Waals surface area (Å²) in [5, 5.41) is 14.6. The highest BCUT2D eigenvalue weighted by Crippen LogP contribution is 2.43. The van der Waals surface area contributed by atoms with Crippen LogP contribution in [0.15, 0.2) is 65.6 Å². The first-order valence-electron chi connectivity index (χ1n) is 10.8. The van der Waals surface area contributed by atoms with Gasteiger partial charge in [0.05, 0.1) is 12.4 Å². The van der Waals surface area contributed by atoms with Gasteiger partial charge in [-0.05, 0) is 48.4 Å². The number of ether oxygens (including phenoxy) is 2. The van der Waals surface area contributed by atoms with E-state index in [-0.39, 0.29) is 18.1 Å². The molecule has 1 amide bonds. The average molecular weight is 500 g/mol. The van der Waals surface area contributed by atoms with Gasteiger partial charge in [-0.2, -0.15) is 12.6 Å². The lowest BCUT2D eigenvalue weighted by molar-refractivity contribution is -0.141. The minimum atomic E-state index is -0.682. The summed E-state index contributed by atoms with van der Waals surface area (Å²) >= 11 is 5.55. The second kappa shape index (κ2) is 11.5. The molecule has 0 aliphatic heterocycles. The number of hydrogen-bond acceptors (Lipinski definition) is 7. The zero-order valence-electron chi connectivity index (χ0n) is 19.4. The van der Waals surface area contributed by atoms with E-state index in [1.807, 2.05) is 68.6 Å². The van der Waals surface area contributed by atoms with Crippen LogP contribution in [0, 0.1) is 5.41 Å². The second-order valence-electron chi connectivity index (χ2n) is 8.48. The highest BCUT2D eigenvalue weighted by atomic mass is 32.2. The number of aromatic hydroxyl groups is 1. The first-order valence-corrected chi connectivity index (χ1v) is 12.7. The number of anilines is 1. The van der Waals surface area contributed by atoms with E-state index in [4.69, 9.17) is 9.47 Å². The molecule has 6 nitrogen and oxygen atoms in total. The van der Waals surface area contributed by atoms with E-state index in [0.29, 0.717) is 17.5 Å². The molecular weight excluding hydrogens is 470 g/mol. The molecule has 0 unspecified atom stereocenters. The zero-order chi connectivity index (χ0) is 24.7. The quantitative estimate of drug-likeness (QED) is 0.178. The molecule has 0 bridgehead atoms. The zero-order valence-corrected chi connectivity index (χ0v) is 21.1. The predicted molar refractivity (Wildman–Crippen MR) is 140 cm³/mol. The lowest BCUT2D eigenvalue weighted by Crippen LogP contribution is -2.30. The van der Waals surface area contributed by atoms with Gasteiger partial charge < -0.3 is 14.6 Å². The Morgan fingerprint density at radius 1 is 1.06 bits per heavy atom. The molecule has 0 spiro atoms. The molecule has 0 aromatic heterocycles. The Morgan fingerprint density at radius 3 is 2.38 bits per heavy atom. The van der Waals surface area contributed by atoms with Crippen LogP contribution in [0.3, 0.4) is 0 Å². The third kappa shape index (κ3) is 6.39. The number of amides is 1. The molecule has 0 fully saturated rings. The number of hydrogen-bond donors (Lipinski definition) is 3. The van der Waals surface area contributed by atoms with Crippen molar-refractivity contribution in [2.75, 3.05) is 23.9 Å². The third-order valence-electron chi connectivity index (χ3n) is 5.63. The maximum Gasteiger partial charge on any atom is 0.412 e. The van der Waals surface area contributed by atoms with E-state index in [1.54, 1.807) is 23.9 Å². The van der Waals surface area contributed by atoms with Gasteiger partial charge in [0.1, 0.15) is 11.9 Å². The molecule has 3 aromatic rings. The summed E-state index contributed by atoms with van der Waals surface area (Å²) in [6.45, 7) is 4.07. The first-order chi connectivity index (χ1) is 16.2. The number of thiol groups is 1. The van der Waals surface area contributed by atoms with E-state index in [0.717, 1.165) is 15.8 Å². The fraction of sp³-hybridized carbons (Fsp3) is 0.308. The third-order valence-corrected chi connectivity index (χ3v) is 6.63. The van der Waals surface area contributed by atoms with Crippen molar-refractivity contribution >= 4 is 52.9 Å². The standard InChI is InChI=1S/C26H29NO5S2/c1-26(2,14-15-31-23(29)16-33)24(21-12-13-22(28)20-7-5-4-6-19(20)21)32-25(30)27-17-8-10-18(34-3)11-9-17/h4-13,24,28,33H,14-16H2,1-3H3,(H,27,30)/t24-/m0/s1. The van der Waals surface area contributed by atoms with Crippen molar-refractivity contribution in [1.29, 1.82) is 0 Å². The fourth-order valence-corrected chi connectivity index (χ4v) is 4.21. The number of thioether (sulfide) groups is 1. The normalized spacial score (nSPS) is 12.2. The van der Waals surface area contributed by atoms with Crippen LogP contribution in [0.25, 0.3) is 10.8 Å². The maximum absolute atomic E-state index is 12.9. The summed E-state index contributed by atoms with van der Waals surface area (Å²) in [5.41, 5.74) is 0.779. The number of fused-ring (bicyclic) bond motifs is 1. The maximum atomic E-state index is 12.9. The van der Waals surface area contributed by atoms with Gasteiger partial charge in [0.25, 0.3) is 0 Å².